The van der Waals surface area contributed by atoms with E-state index in [2.05, 4.69) is 12.2 Å². The molecule has 1 amide bonds. The van der Waals surface area contributed by atoms with Crippen LogP contribution in [0.5, 0.6) is 11.5 Å². The molecule has 2 aromatic rings. The quantitative estimate of drug-likeness (QED) is 0.509. The summed E-state index contributed by atoms with van der Waals surface area (Å²) in [5.74, 6) is 1.12. The second-order valence-electron chi connectivity index (χ2n) is 7.15. The molecule has 1 aromatic heterocycles. The van der Waals surface area contributed by atoms with Gasteiger partial charge in [0.05, 0.1) is 26.9 Å². The number of anilines is 1. The van der Waals surface area contributed by atoms with E-state index in [4.69, 9.17) is 14.2 Å². The highest BCUT2D eigenvalue weighted by atomic mass is 32.1. The van der Waals surface area contributed by atoms with E-state index in [9.17, 15) is 9.59 Å². The largest absolute Gasteiger partial charge is 0.493 e. The summed E-state index contributed by atoms with van der Waals surface area (Å²) in [5, 5.41) is 3.43. The number of hydrogen-bond acceptors (Lipinski definition) is 6. The summed E-state index contributed by atoms with van der Waals surface area (Å²) in [4.78, 5) is 26.1. The number of nitrogens with one attached hydrogen (secondary N) is 1. The van der Waals surface area contributed by atoms with E-state index in [-0.39, 0.29) is 5.91 Å². The van der Waals surface area contributed by atoms with Gasteiger partial charge in [-0.05, 0) is 54.5 Å². The number of ether oxygens (including phenoxy) is 3. The maximum absolute atomic E-state index is 12.6. The lowest BCUT2D eigenvalue weighted by atomic mass is 9.86. The molecule has 0 spiro atoms. The van der Waals surface area contributed by atoms with E-state index in [1.807, 2.05) is 6.07 Å². The molecule has 3 rings (SSSR count). The van der Waals surface area contributed by atoms with Gasteiger partial charge in [-0.1, -0.05) is 19.4 Å². The Balaban J connectivity index is 1.80. The Kier molecular flexibility index (Phi) is 7.15. The van der Waals surface area contributed by atoms with Crippen LogP contribution in [0.1, 0.15) is 46.1 Å². The molecular weight excluding hydrogens is 402 g/mol. The summed E-state index contributed by atoms with van der Waals surface area (Å²) in [6, 6.07) is 5.40. The normalized spacial score (nSPS) is 15.5. The molecule has 0 saturated carbocycles. The zero-order chi connectivity index (χ0) is 21.7. The standard InChI is InChI=1S/C23H27NO5S/c1-5-14-6-9-16-19(13-14)30-22(21(16)23(26)29-4)24-20(25)11-8-15-7-10-17(27-2)18(12-15)28-3/h7-8,10-12,14H,5-6,9,13H2,1-4H3,(H,24,25). The number of rotatable bonds is 7. The summed E-state index contributed by atoms with van der Waals surface area (Å²) in [6.45, 7) is 2.19. The van der Waals surface area contributed by atoms with Crippen LogP contribution in [0.4, 0.5) is 5.00 Å². The zero-order valence-corrected chi connectivity index (χ0v) is 18.6. The summed E-state index contributed by atoms with van der Waals surface area (Å²) in [7, 11) is 4.50. The summed E-state index contributed by atoms with van der Waals surface area (Å²) >= 11 is 1.48. The van der Waals surface area contributed by atoms with E-state index >= 15 is 0 Å². The van der Waals surface area contributed by atoms with Gasteiger partial charge in [-0.2, -0.15) is 0 Å². The smallest absolute Gasteiger partial charge is 0.341 e. The first-order valence-corrected chi connectivity index (χ1v) is 10.8. The van der Waals surface area contributed by atoms with E-state index in [0.29, 0.717) is 28.0 Å². The number of thiophene rings is 1. The molecule has 6 nitrogen and oxygen atoms in total. The Hall–Kier alpha value is -2.80. The Morgan fingerprint density at radius 3 is 2.63 bits per heavy atom. The Morgan fingerprint density at radius 2 is 1.97 bits per heavy atom. The molecule has 1 aliphatic rings. The van der Waals surface area contributed by atoms with Crippen LogP contribution in [0.3, 0.4) is 0 Å². The van der Waals surface area contributed by atoms with Crippen molar-refractivity contribution in [3.05, 3.63) is 45.8 Å². The van der Waals surface area contributed by atoms with Gasteiger partial charge in [-0.3, -0.25) is 4.79 Å². The Morgan fingerprint density at radius 1 is 1.20 bits per heavy atom. The molecule has 7 heteroatoms. The van der Waals surface area contributed by atoms with E-state index in [1.54, 1.807) is 32.4 Å². The highest BCUT2D eigenvalue weighted by molar-refractivity contribution is 7.17. The number of hydrogen-bond donors (Lipinski definition) is 1. The van der Waals surface area contributed by atoms with Crippen LogP contribution in [0.25, 0.3) is 6.08 Å². The topological polar surface area (TPSA) is 73.9 Å². The predicted molar refractivity (Wildman–Crippen MR) is 119 cm³/mol. The minimum atomic E-state index is -0.401. The third-order valence-electron chi connectivity index (χ3n) is 5.41. The van der Waals surface area contributed by atoms with E-state index < -0.39 is 5.97 Å². The summed E-state index contributed by atoms with van der Waals surface area (Å²) in [6.07, 6.45) is 7.08. The average molecular weight is 430 g/mol. The first kappa shape index (κ1) is 21.9. The fourth-order valence-electron chi connectivity index (χ4n) is 3.69. The van der Waals surface area contributed by atoms with Crippen molar-refractivity contribution in [2.24, 2.45) is 5.92 Å². The monoisotopic (exact) mass is 429 g/mol. The van der Waals surface area contributed by atoms with Crippen LogP contribution in [-0.2, 0) is 22.4 Å². The molecule has 0 saturated heterocycles. The van der Waals surface area contributed by atoms with Gasteiger partial charge < -0.3 is 19.5 Å². The molecule has 1 aromatic carbocycles. The Bertz CT molecular complexity index is 963. The van der Waals surface area contributed by atoms with Crippen LogP contribution >= 0.6 is 11.3 Å². The molecule has 0 aliphatic heterocycles. The van der Waals surface area contributed by atoms with Gasteiger partial charge in [-0.15, -0.1) is 11.3 Å². The van der Waals surface area contributed by atoms with Crippen molar-refractivity contribution in [2.45, 2.75) is 32.6 Å². The molecule has 1 aliphatic carbocycles. The van der Waals surface area contributed by atoms with Crippen LogP contribution in [0, 0.1) is 5.92 Å². The first-order valence-electron chi connectivity index (χ1n) is 9.94. The molecular formula is C23H27NO5S. The molecule has 0 bridgehead atoms. The molecule has 30 heavy (non-hydrogen) atoms. The lowest BCUT2D eigenvalue weighted by molar-refractivity contribution is -0.111. The van der Waals surface area contributed by atoms with Crippen molar-refractivity contribution in [1.29, 1.82) is 0 Å². The first-order chi connectivity index (χ1) is 14.5. The van der Waals surface area contributed by atoms with E-state index in [1.165, 1.54) is 29.4 Å². The van der Waals surface area contributed by atoms with Gasteiger partial charge in [0.2, 0.25) is 5.91 Å². The molecule has 160 valence electrons. The number of esters is 1. The predicted octanol–water partition coefficient (Wildman–Crippen LogP) is 4.72. The van der Waals surface area contributed by atoms with Crippen LogP contribution in [0.15, 0.2) is 24.3 Å². The van der Waals surface area contributed by atoms with Gasteiger partial charge in [0.25, 0.3) is 0 Å². The fraction of sp³-hybridized carbons (Fsp3) is 0.391. The van der Waals surface area contributed by atoms with Crippen molar-refractivity contribution in [3.63, 3.8) is 0 Å². The van der Waals surface area contributed by atoms with Crippen molar-refractivity contribution in [2.75, 3.05) is 26.6 Å². The maximum Gasteiger partial charge on any atom is 0.341 e. The number of amides is 1. The van der Waals surface area contributed by atoms with Crippen molar-refractivity contribution in [3.8, 4) is 11.5 Å². The fourth-order valence-corrected chi connectivity index (χ4v) is 5.04. The molecule has 1 atom stereocenters. The highest BCUT2D eigenvalue weighted by Gasteiger charge is 2.29. The third-order valence-corrected chi connectivity index (χ3v) is 6.58. The van der Waals surface area contributed by atoms with Gasteiger partial charge >= 0.3 is 5.97 Å². The Labute approximate surface area is 180 Å². The number of carbonyl (C=O) groups is 2. The van der Waals surface area contributed by atoms with Crippen molar-refractivity contribution < 1.29 is 23.8 Å². The van der Waals surface area contributed by atoms with Gasteiger partial charge in [0.15, 0.2) is 11.5 Å². The minimum absolute atomic E-state index is 0.305. The summed E-state index contributed by atoms with van der Waals surface area (Å²) in [5.41, 5.74) is 2.32. The summed E-state index contributed by atoms with van der Waals surface area (Å²) < 4.78 is 15.5. The van der Waals surface area contributed by atoms with Crippen molar-refractivity contribution >= 4 is 34.3 Å². The molecule has 0 fully saturated rings. The SMILES string of the molecule is CCC1CCc2c(sc(NC(=O)C=Cc3ccc(OC)c(OC)c3)c2C(=O)OC)C1. The average Bonchev–Trinajstić information content (AvgIpc) is 3.13. The second-order valence-corrected chi connectivity index (χ2v) is 8.26. The van der Waals surface area contributed by atoms with Crippen LogP contribution in [-0.4, -0.2) is 33.2 Å². The number of fused-ring (bicyclic) bond motifs is 1. The minimum Gasteiger partial charge on any atom is -0.493 e. The number of benzene rings is 1. The highest BCUT2D eigenvalue weighted by Crippen LogP contribution is 2.40. The van der Waals surface area contributed by atoms with Gasteiger partial charge in [0, 0.05) is 11.0 Å². The lowest BCUT2D eigenvalue weighted by Gasteiger charge is -2.20. The van der Waals surface area contributed by atoms with Gasteiger partial charge in [0.1, 0.15) is 5.00 Å². The maximum atomic E-state index is 12.6. The molecule has 1 N–H and O–H groups in total. The molecule has 0 radical (unpaired) electrons. The third kappa shape index (κ3) is 4.67. The van der Waals surface area contributed by atoms with Crippen LogP contribution in [0.2, 0.25) is 0 Å². The lowest BCUT2D eigenvalue weighted by Crippen LogP contribution is -2.15. The molecule has 1 unspecified atom stereocenters. The zero-order valence-electron chi connectivity index (χ0n) is 17.7. The molecule has 1 heterocycles. The second kappa shape index (κ2) is 9.80. The number of carbonyl (C=O) groups excluding carboxylic acids is 2. The van der Waals surface area contributed by atoms with Crippen LogP contribution < -0.4 is 14.8 Å². The van der Waals surface area contributed by atoms with E-state index in [0.717, 1.165) is 36.8 Å². The number of methoxy groups -OCH3 is 3. The van der Waals surface area contributed by atoms with Gasteiger partial charge in [-0.25, -0.2) is 4.79 Å². The van der Waals surface area contributed by atoms with Crippen molar-refractivity contribution in [1.82, 2.24) is 0 Å².